The molecule has 0 fully saturated rings. The lowest BCUT2D eigenvalue weighted by atomic mass is 10.0. The maximum absolute atomic E-state index is 10.6. The van der Waals surface area contributed by atoms with E-state index in [1.54, 1.807) is 0 Å². The van der Waals surface area contributed by atoms with Crippen molar-refractivity contribution in [1.82, 2.24) is 5.32 Å². The van der Waals surface area contributed by atoms with E-state index in [2.05, 4.69) is 5.32 Å². The lowest BCUT2D eigenvalue weighted by molar-refractivity contribution is -0.136. The van der Waals surface area contributed by atoms with Crippen LogP contribution in [-0.4, -0.2) is 58.7 Å². The fourth-order valence-electron chi connectivity index (χ4n) is 0.843. The summed E-state index contributed by atoms with van der Waals surface area (Å²) in [4.78, 5) is 21.0. The largest absolute Gasteiger partial charge is 0.480 e. The minimum absolute atomic E-state index is 0.134. The van der Waals surface area contributed by atoms with Crippen molar-refractivity contribution in [1.29, 1.82) is 0 Å². The number of aliphatic carboxylic acids is 1. The number of nitrogens with one attached hydrogen (secondary N) is 1. The molecule has 7 nitrogen and oxygen atoms in total. The molecule has 0 radical (unpaired) electrons. The van der Waals surface area contributed by atoms with Crippen LogP contribution in [0.3, 0.4) is 0 Å². The highest BCUT2D eigenvalue weighted by molar-refractivity contribution is 7.53. The number of carboxylic acids is 1. The van der Waals surface area contributed by atoms with Crippen molar-refractivity contribution >= 4 is 20.3 Å². The molecular formula is C8H16NO6P. The molecule has 0 rings (SSSR count). The number of carbonyl (C=O) groups is 2. The van der Waals surface area contributed by atoms with Crippen molar-refractivity contribution in [2.45, 2.75) is 12.5 Å². The summed E-state index contributed by atoms with van der Waals surface area (Å²) in [5.41, 5.74) is -1.40. The Morgan fingerprint density at radius 1 is 1.38 bits per heavy atom. The summed E-state index contributed by atoms with van der Waals surface area (Å²) in [6.07, 6.45) is 0. The molecule has 0 aliphatic carbocycles. The fraction of sp³-hybridized carbons (Fsp3) is 0.750. The van der Waals surface area contributed by atoms with E-state index in [0.717, 1.165) is 0 Å². The summed E-state index contributed by atoms with van der Waals surface area (Å²) < 4.78 is 4.98. The van der Waals surface area contributed by atoms with Crippen LogP contribution < -0.4 is 5.32 Å². The zero-order valence-corrected chi connectivity index (χ0v) is 9.89. The minimum Gasteiger partial charge on any atom is -0.480 e. The number of carbonyl (C=O) groups excluding carboxylic acids is 1. The molecule has 0 saturated carbocycles. The minimum atomic E-state index is -1.24. The van der Waals surface area contributed by atoms with Gasteiger partial charge in [-0.1, -0.05) is 0 Å². The van der Waals surface area contributed by atoms with Gasteiger partial charge in [0.15, 0.2) is 5.52 Å². The van der Waals surface area contributed by atoms with Gasteiger partial charge in [-0.05, 0) is 0 Å². The molecular weight excluding hydrogens is 237 g/mol. The van der Waals surface area contributed by atoms with Gasteiger partial charge >= 0.3 is 5.97 Å². The molecule has 0 aromatic carbocycles. The third-order valence-electron chi connectivity index (χ3n) is 1.78. The SMILES string of the molecule is CC(=O)POCC(CO)(CO)NCC(=O)O. The van der Waals surface area contributed by atoms with E-state index in [-0.39, 0.29) is 20.9 Å². The Morgan fingerprint density at radius 3 is 2.31 bits per heavy atom. The van der Waals surface area contributed by atoms with Gasteiger partial charge < -0.3 is 19.8 Å². The van der Waals surface area contributed by atoms with Gasteiger partial charge in [-0.3, -0.25) is 14.9 Å². The predicted molar refractivity (Wildman–Crippen MR) is 57.5 cm³/mol. The zero-order chi connectivity index (χ0) is 12.6. The first-order valence-corrected chi connectivity index (χ1v) is 5.43. The van der Waals surface area contributed by atoms with Gasteiger partial charge in [0.25, 0.3) is 0 Å². The van der Waals surface area contributed by atoms with Gasteiger partial charge in [-0.15, -0.1) is 0 Å². The van der Waals surface area contributed by atoms with Gasteiger partial charge in [0, 0.05) is 6.92 Å². The Balaban J connectivity index is 4.20. The lowest BCUT2D eigenvalue weighted by Crippen LogP contribution is -2.56. The number of hydrogen-bond acceptors (Lipinski definition) is 6. The highest BCUT2D eigenvalue weighted by Gasteiger charge is 2.29. The van der Waals surface area contributed by atoms with Crippen molar-refractivity contribution < 1.29 is 29.4 Å². The van der Waals surface area contributed by atoms with Crippen molar-refractivity contribution in [3.05, 3.63) is 0 Å². The van der Waals surface area contributed by atoms with E-state index in [1.165, 1.54) is 6.92 Å². The average molecular weight is 253 g/mol. The van der Waals surface area contributed by atoms with Gasteiger partial charge in [-0.25, -0.2) is 0 Å². The van der Waals surface area contributed by atoms with Gasteiger partial charge in [0.1, 0.15) is 0 Å². The van der Waals surface area contributed by atoms with E-state index >= 15 is 0 Å². The van der Waals surface area contributed by atoms with Crippen molar-refractivity contribution in [2.24, 2.45) is 0 Å². The lowest BCUT2D eigenvalue weighted by Gasteiger charge is -2.29. The molecule has 0 bridgehead atoms. The van der Waals surface area contributed by atoms with Crippen LogP contribution in [0, 0.1) is 0 Å². The fourth-order valence-corrected chi connectivity index (χ4v) is 1.39. The Morgan fingerprint density at radius 2 is 1.94 bits per heavy atom. The topological polar surface area (TPSA) is 116 Å². The highest BCUT2D eigenvalue weighted by atomic mass is 31.1. The van der Waals surface area contributed by atoms with Crippen molar-refractivity contribution in [2.75, 3.05) is 26.4 Å². The molecule has 1 unspecified atom stereocenters. The third kappa shape index (κ3) is 6.09. The number of carboxylic acid groups (broad SMARTS) is 1. The highest BCUT2D eigenvalue weighted by Crippen LogP contribution is 2.16. The summed E-state index contributed by atoms with van der Waals surface area (Å²) >= 11 is 0. The van der Waals surface area contributed by atoms with Crippen LogP contribution in [0.15, 0.2) is 0 Å². The summed E-state index contributed by atoms with van der Waals surface area (Å²) in [5.74, 6) is -1.11. The van der Waals surface area contributed by atoms with Crippen LogP contribution in [0.1, 0.15) is 6.92 Å². The van der Waals surface area contributed by atoms with Crippen LogP contribution in [0.25, 0.3) is 0 Å². The molecule has 0 saturated heterocycles. The Hall–Kier alpha value is -0.590. The van der Waals surface area contributed by atoms with E-state index < -0.39 is 31.3 Å². The molecule has 4 N–H and O–H groups in total. The Kier molecular flexibility index (Phi) is 7.36. The van der Waals surface area contributed by atoms with E-state index in [9.17, 15) is 9.59 Å². The quantitative estimate of drug-likeness (QED) is 0.371. The first-order chi connectivity index (χ1) is 7.45. The first-order valence-electron chi connectivity index (χ1n) is 4.52. The van der Waals surface area contributed by atoms with Gasteiger partial charge in [0.2, 0.25) is 0 Å². The second-order valence-corrected chi connectivity index (χ2v) is 4.49. The predicted octanol–water partition coefficient (Wildman–Crippen LogP) is -1.46. The summed E-state index contributed by atoms with van der Waals surface area (Å²) in [7, 11) is -0.381. The second-order valence-electron chi connectivity index (χ2n) is 3.29. The first kappa shape index (κ1) is 15.4. The molecule has 0 spiro atoms. The number of aliphatic hydroxyl groups excluding tert-OH is 2. The smallest absolute Gasteiger partial charge is 0.317 e. The Labute approximate surface area is 94.7 Å². The molecule has 0 aliphatic heterocycles. The third-order valence-corrected chi connectivity index (χ3v) is 2.36. The van der Waals surface area contributed by atoms with Crippen molar-refractivity contribution in [3.63, 3.8) is 0 Å². The molecule has 8 heteroatoms. The molecule has 0 aromatic heterocycles. The number of rotatable bonds is 9. The molecule has 0 aliphatic rings. The average Bonchev–Trinajstić information content (AvgIpc) is 2.23. The number of aliphatic hydroxyl groups is 2. The maximum Gasteiger partial charge on any atom is 0.317 e. The van der Waals surface area contributed by atoms with Crippen LogP contribution in [0.2, 0.25) is 0 Å². The van der Waals surface area contributed by atoms with E-state index in [1.807, 2.05) is 0 Å². The molecule has 0 amide bonds. The summed E-state index contributed by atoms with van der Waals surface area (Å²) in [6, 6.07) is 0. The molecule has 0 aromatic rings. The monoisotopic (exact) mass is 253 g/mol. The van der Waals surface area contributed by atoms with Crippen LogP contribution in [-0.2, 0) is 14.1 Å². The van der Waals surface area contributed by atoms with E-state index in [4.69, 9.17) is 19.8 Å². The van der Waals surface area contributed by atoms with Crippen LogP contribution >= 0.6 is 8.81 Å². The molecule has 1 atom stereocenters. The standard InChI is InChI=1S/C8H16NO6P/c1-6(12)16-15-5-8(3-10,4-11)9-2-7(13)14/h9-11,16H,2-5H2,1H3,(H,13,14). The molecule has 16 heavy (non-hydrogen) atoms. The second kappa shape index (κ2) is 7.65. The summed E-state index contributed by atoms with van der Waals surface area (Å²) in [5, 5.41) is 29.1. The molecule has 0 heterocycles. The van der Waals surface area contributed by atoms with Gasteiger partial charge in [0.05, 0.1) is 40.7 Å². The summed E-state index contributed by atoms with van der Waals surface area (Å²) in [6.45, 7) is -0.167. The van der Waals surface area contributed by atoms with Crippen molar-refractivity contribution in [3.8, 4) is 0 Å². The molecule has 94 valence electrons. The van der Waals surface area contributed by atoms with Gasteiger partial charge in [-0.2, -0.15) is 0 Å². The Bertz CT molecular complexity index is 243. The normalized spacial score (nSPS) is 12.2. The van der Waals surface area contributed by atoms with Crippen LogP contribution in [0.4, 0.5) is 0 Å². The van der Waals surface area contributed by atoms with Crippen LogP contribution in [0.5, 0.6) is 0 Å². The number of hydrogen-bond donors (Lipinski definition) is 4. The zero-order valence-electron chi connectivity index (χ0n) is 8.89. The van der Waals surface area contributed by atoms with E-state index in [0.29, 0.717) is 0 Å². The maximum atomic E-state index is 10.6.